The van der Waals surface area contributed by atoms with Gasteiger partial charge in [0.05, 0.1) is 0 Å². The molecule has 10 aromatic carbocycles. The lowest BCUT2D eigenvalue weighted by Gasteiger charge is -2.26. The van der Waals surface area contributed by atoms with Gasteiger partial charge in [0.1, 0.15) is 11.2 Å². The van der Waals surface area contributed by atoms with Crippen LogP contribution in [0.1, 0.15) is 0 Å². The molecule has 0 N–H and O–H groups in total. The van der Waals surface area contributed by atoms with Gasteiger partial charge in [0.15, 0.2) is 0 Å². The van der Waals surface area contributed by atoms with Crippen molar-refractivity contribution in [1.82, 2.24) is 0 Å². The minimum Gasteiger partial charge on any atom is -0.455 e. The highest BCUT2D eigenvalue weighted by Gasteiger charge is 2.18. The zero-order valence-electron chi connectivity index (χ0n) is 31.7. The number of hydrogen-bond donors (Lipinski definition) is 0. The molecule has 11 aromatic rings. The lowest BCUT2D eigenvalue weighted by atomic mass is 9.93. The molecule has 11 rings (SSSR count). The molecule has 0 radical (unpaired) electrons. The Kier molecular flexibility index (Phi) is 8.19. The van der Waals surface area contributed by atoms with Crippen molar-refractivity contribution in [3.63, 3.8) is 0 Å². The molecule has 0 saturated heterocycles. The molecule has 0 bridgehead atoms. The van der Waals surface area contributed by atoms with Gasteiger partial charge in [-0.15, -0.1) is 0 Å². The third kappa shape index (κ3) is 5.91. The summed E-state index contributed by atoms with van der Waals surface area (Å²) in [7, 11) is 0. The molecule has 1 aromatic heterocycles. The molecule has 0 amide bonds. The monoisotopic (exact) mass is 739 g/mol. The number of anilines is 3. The predicted octanol–water partition coefficient (Wildman–Crippen LogP) is 16.0. The molecule has 2 heteroatoms. The molecule has 0 aliphatic carbocycles. The number of benzene rings is 10. The Morgan fingerprint density at radius 2 is 0.793 bits per heavy atom. The van der Waals surface area contributed by atoms with Crippen LogP contribution in [0.25, 0.3) is 88.0 Å². The summed E-state index contributed by atoms with van der Waals surface area (Å²) in [6.45, 7) is 0. The highest BCUT2D eigenvalue weighted by atomic mass is 16.3. The average molecular weight is 740 g/mol. The molecule has 0 aliphatic rings. The number of hydrogen-bond acceptors (Lipinski definition) is 2. The Morgan fingerprint density at radius 1 is 0.293 bits per heavy atom. The first-order chi connectivity index (χ1) is 28.7. The van der Waals surface area contributed by atoms with E-state index in [1.54, 1.807) is 0 Å². The number of fused-ring (bicyclic) bond motifs is 6. The number of furan rings is 1. The van der Waals surface area contributed by atoms with E-state index < -0.39 is 0 Å². The van der Waals surface area contributed by atoms with E-state index >= 15 is 0 Å². The Bertz CT molecular complexity index is 3160. The summed E-state index contributed by atoms with van der Waals surface area (Å²) < 4.78 is 6.67. The predicted molar refractivity (Wildman–Crippen MR) is 245 cm³/mol. The lowest BCUT2D eigenvalue weighted by molar-refractivity contribution is 0.670. The summed E-state index contributed by atoms with van der Waals surface area (Å²) in [4.78, 5) is 2.35. The maximum absolute atomic E-state index is 6.67. The zero-order valence-corrected chi connectivity index (χ0v) is 31.7. The van der Waals surface area contributed by atoms with Crippen molar-refractivity contribution in [2.45, 2.75) is 0 Å². The second kappa shape index (κ2) is 14.1. The van der Waals surface area contributed by atoms with Crippen molar-refractivity contribution >= 4 is 60.5 Å². The number of nitrogens with zero attached hydrogens (tertiary/aromatic N) is 1. The molecular formula is C56H37NO. The van der Waals surface area contributed by atoms with Crippen molar-refractivity contribution < 1.29 is 4.42 Å². The van der Waals surface area contributed by atoms with Crippen LogP contribution in [0, 0.1) is 0 Å². The molecule has 1 heterocycles. The van der Waals surface area contributed by atoms with Gasteiger partial charge in [0, 0.05) is 38.8 Å². The molecule has 0 unspecified atom stereocenters. The van der Waals surface area contributed by atoms with Gasteiger partial charge in [-0.3, -0.25) is 0 Å². The van der Waals surface area contributed by atoms with E-state index in [9.17, 15) is 0 Å². The molecule has 272 valence electrons. The Labute approximate surface area is 337 Å². The highest BCUT2D eigenvalue weighted by molar-refractivity contribution is 6.24. The fraction of sp³-hybridized carbons (Fsp3) is 0. The van der Waals surface area contributed by atoms with Crippen molar-refractivity contribution in [2.75, 3.05) is 4.90 Å². The molecule has 2 nitrogen and oxygen atoms in total. The van der Waals surface area contributed by atoms with Crippen LogP contribution in [-0.2, 0) is 0 Å². The van der Waals surface area contributed by atoms with Gasteiger partial charge in [-0.05, 0) is 104 Å². The van der Waals surface area contributed by atoms with Crippen LogP contribution in [0.3, 0.4) is 0 Å². The fourth-order valence-electron chi connectivity index (χ4n) is 8.61. The highest BCUT2D eigenvalue weighted by Crippen LogP contribution is 2.44. The minimum absolute atomic E-state index is 0.900. The second-order valence-electron chi connectivity index (χ2n) is 14.9. The standard InChI is InChI=1S/C56H37NO/c1-4-12-38(13-5-1)40-24-30-47(31-25-40)57(48-32-26-41(27-33-48)39-14-6-2-7-15-39)49-34-28-44-36-46(23-22-45(44)37-49)50-19-10-18-43-29-35-53-55(54(43)50)52-21-11-20-51(56(52)58-53)42-16-8-3-9-17-42/h1-37H. The van der Waals surface area contributed by atoms with Gasteiger partial charge in [0.2, 0.25) is 0 Å². The average Bonchev–Trinajstić information content (AvgIpc) is 3.70. The summed E-state index contributed by atoms with van der Waals surface area (Å²) in [6.07, 6.45) is 0. The summed E-state index contributed by atoms with van der Waals surface area (Å²) in [6, 6.07) is 80.5. The third-order valence-corrected chi connectivity index (χ3v) is 11.4. The van der Waals surface area contributed by atoms with E-state index in [0.29, 0.717) is 0 Å². The van der Waals surface area contributed by atoms with Crippen LogP contribution < -0.4 is 4.90 Å². The zero-order chi connectivity index (χ0) is 38.4. The first-order valence-electron chi connectivity index (χ1n) is 19.8. The van der Waals surface area contributed by atoms with E-state index in [1.807, 2.05) is 0 Å². The van der Waals surface area contributed by atoms with Gasteiger partial charge in [-0.25, -0.2) is 0 Å². The van der Waals surface area contributed by atoms with Crippen LogP contribution in [-0.4, -0.2) is 0 Å². The minimum atomic E-state index is 0.900. The van der Waals surface area contributed by atoms with Gasteiger partial charge >= 0.3 is 0 Å². The van der Waals surface area contributed by atoms with Crippen LogP contribution in [0.15, 0.2) is 229 Å². The Hall–Kier alpha value is -7.68. The van der Waals surface area contributed by atoms with Crippen molar-refractivity contribution in [3.05, 3.63) is 224 Å². The normalized spacial score (nSPS) is 11.4. The van der Waals surface area contributed by atoms with E-state index in [-0.39, 0.29) is 0 Å². The molecule has 0 saturated carbocycles. The topological polar surface area (TPSA) is 16.4 Å². The van der Waals surface area contributed by atoms with Gasteiger partial charge in [0.25, 0.3) is 0 Å². The fourth-order valence-corrected chi connectivity index (χ4v) is 8.61. The Balaban J connectivity index is 1.01. The maximum atomic E-state index is 6.67. The molecule has 0 atom stereocenters. The molecular weight excluding hydrogens is 703 g/mol. The SMILES string of the molecule is c1ccc(-c2ccc(N(c3ccc(-c4ccccc4)cc3)c3ccc4cc(-c5cccc6ccc7oc8c(-c9ccccc9)cccc8c7c56)ccc4c3)cc2)cc1. The van der Waals surface area contributed by atoms with E-state index in [1.165, 1.54) is 54.9 Å². The third-order valence-electron chi connectivity index (χ3n) is 11.4. The summed E-state index contributed by atoms with van der Waals surface area (Å²) >= 11 is 0. The van der Waals surface area contributed by atoms with Crippen LogP contribution in [0.5, 0.6) is 0 Å². The van der Waals surface area contributed by atoms with Gasteiger partial charge < -0.3 is 9.32 Å². The number of rotatable bonds is 7. The van der Waals surface area contributed by atoms with Gasteiger partial charge in [-0.1, -0.05) is 176 Å². The second-order valence-corrected chi connectivity index (χ2v) is 14.9. The van der Waals surface area contributed by atoms with Crippen LogP contribution in [0.2, 0.25) is 0 Å². The smallest absolute Gasteiger partial charge is 0.143 e. The van der Waals surface area contributed by atoms with Crippen molar-refractivity contribution in [1.29, 1.82) is 0 Å². The molecule has 0 aliphatic heterocycles. The molecule has 0 spiro atoms. The summed E-state index contributed by atoms with van der Waals surface area (Å²) in [5, 5.41) is 7.06. The summed E-state index contributed by atoms with van der Waals surface area (Å²) in [5.41, 5.74) is 14.6. The van der Waals surface area contributed by atoms with E-state index in [2.05, 4.69) is 229 Å². The molecule has 58 heavy (non-hydrogen) atoms. The van der Waals surface area contributed by atoms with E-state index in [0.717, 1.165) is 50.1 Å². The first-order valence-corrected chi connectivity index (χ1v) is 19.8. The Morgan fingerprint density at radius 3 is 1.45 bits per heavy atom. The molecule has 0 fully saturated rings. The largest absolute Gasteiger partial charge is 0.455 e. The quantitative estimate of drug-likeness (QED) is 0.162. The first kappa shape index (κ1) is 33.6. The van der Waals surface area contributed by atoms with Gasteiger partial charge in [-0.2, -0.15) is 0 Å². The van der Waals surface area contributed by atoms with Crippen molar-refractivity contribution in [2.24, 2.45) is 0 Å². The van der Waals surface area contributed by atoms with Crippen molar-refractivity contribution in [3.8, 4) is 44.5 Å². The maximum Gasteiger partial charge on any atom is 0.143 e. The van der Waals surface area contributed by atoms with Crippen LogP contribution in [0.4, 0.5) is 17.1 Å². The number of para-hydroxylation sites is 1. The van der Waals surface area contributed by atoms with Crippen LogP contribution >= 0.6 is 0 Å². The van der Waals surface area contributed by atoms with E-state index in [4.69, 9.17) is 4.42 Å². The lowest BCUT2D eigenvalue weighted by Crippen LogP contribution is -2.09. The summed E-state index contributed by atoms with van der Waals surface area (Å²) in [5.74, 6) is 0.